The zero-order valence-electron chi connectivity index (χ0n) is 26.1. The molecule has 17 heteroatoms. The van der Waals surface area contributed by atoms with E-state index in [1.54, 1.807) is 0 Å². The summed E-state index contributed by atoms with van der Waals surface area (Å²) in [5, 5.41) is 14.9. The molecular formula is C31H34F6N8OS2. The summed E-state index contributed by atoms with van der Waals surface area (Å²) in [6, 6.07) is 9.92. The number of fused-ring (bicyclic) bond motifs is 2. The molecule has 258 valence electrons. The number of piperidine rings is 1. The van der Waals surface area contributed by atoms with Crippen molar-refractivity contribution in [2.45, 2.75) is 57.0 Å². The number of nitrogens with one attached hydrogen (secondary N) is 1. The molecule has 0 spiro atoms. The van der Waals surface area contributed by atoms with Crippen molar-refractivity contribution < 1.29 is 30.9 Å². The highest BCUT2D eigenvalue weighted by atomic mass is 32.2. The van der Waals surface area contributed by atoms with Crippen molar-refractivity contribution >= 4 is 49.6 Å². The first-order valence-electron chi connectivity index (χ1n) is 15.6. The summed E-state index contributed by atoms with van der Waals surface area (Å²) in [5.74, 6) is 0.558. The van der Waals surface area contributed by atoms with Gasteiger partial charge >= 0.3 is 11.7 Å². The molecule has 0 saturated carbocycles. The summed E-state index contributed by atoms with van der Waals surface area (Å²) < 4.78 is 91.8. The molecule has 2 aliphatic rings. The summed E-state index contributed by atoms with van der Waals surface area (Å²) >= 11 is -1.97. The highest BCUT2D eigenvalue weighted by Crippen LogP contribution is 2.34. The number of halogens is 6. The fourth-order valence-corrected chi connectivity index (χ4v) is 8.32. The molecule has 0 bridgehead atoms. The summed E-state index contributed by atoms with van der Waals surface area (Å²) in [4.78, 5) is 13.6. The summed E-state index contributed by atoms with van der Waals surface area (Å²) in [6.07, 6.45) is -2.22. The number of hydrogen-bond donors (Lipinski definition) is 1. The lowest BCUT2D eigenvalue weighted by Crippen LogP contribution is -2.52. The summed E-state index contributed by atoms with van der Waals surface area (Å²) in [5.41, 5.74) is -1.08. The van der Waals surface area contributed by atoms with Gasteiger partial charge in [-0.2, -0.15) is 18.4 Å². The van der Waals surface area contributed by atoms with Crippen molar-refractivity contribution in [3.8, 4) is 6.07 Å². The van der Waals surface area contributed by atoms with Crippen LogP contribution in [0.5, 0.6) is 0 Å². The zero-order valence-corrected chi connectivity index (χ0v) is 27.7. The lowest BCUT2D eigenvalue weighted by Gasteiger charge is -2.34. The van der Waals surface area contributed by atoms with Gasteiger partial charge in [0.2, 0.25) is 0 Å². The van der Waals surface area contributed by atoms with Gasteiger partial charge in [0.15, 0.2) is 11.4 Å². The number of anilines is 1. The van der Waals surface area contributed by atoms with Gasteiger partial charge in [-0.1, -0.05) is 6.07 Å². The van der Waals surface area contributed by atoms with Crippen molar-refractivity contribution in [2.75, 3.05) is 51.1 Å². The van der Waals surface area contributed by atoms with E-state index in [1.165, 1.54) is 12.4 Å². The van der Waals surface area contributed by atoms with Gasteiger partial charge in [0.1, 0.15) is 28.7 Å². The maximum Gasteiger partial charge on any atom is 0.593 e. The Bertz CT molecular complexity index is 1790. The maximum absolute atomic E-state index is 12.9. The van der Waals surface area contributed by atoms with E-state index in [2.05, 4.69) is 32.3 Å². The van der Waals surface area contributed by atoms with E-state index in [0.717, 1.165) is 70.1 Å². The maximum atomic E-state index is 12.9. The molecule has 3 aromatic heterocycles. The van der Waals surface area contributed by atoms with E-state index in [1.807, 2.05) is 28.5 Å². The highest BCUT2D eigenvalue weighted by Gasteiger charge is 2.50. The van der Waals surface area contributed by atoms with Crippen LogP contribution in [0, 0.1) is 18.3 Å². The predicted molar refractivity (Wildman–Crippen MR) is 173 cm³/mol. The normalized spacial score (nSPS) is 18.5. The van der Waals surface area contributed by atoms with Gasteiger partial charge in [-0.05, 0) is 49.1 Å². The van der Waals surface area contributed by atoms with Crippen LogP contribution >= 0.6 is 11.3 Å². The molecule has 4 aromatic rings. The summed E-state index contributed by atoms with van der Waals surface area (Å²) in [7, 11) is 0. The van der Waals surface area contributed by atoms with E-state index in [0.29, 0.717) is 47.9 Å². The largest absolute Gasteiger partial charge is 0.593 e. The number of aryl methyl sites for hydroxylation is 1. The van der Waals surface area contributed by atoms with Crippen molar-refractivity contribution in [2.24, 2.45) is 0 Å². The molecule has 9 nitrogen and oxygen atoms in total. The molecule has 5 heterocycles. The molecule has 0 aliphatic carbocycles. The van der Waals surface area contributed by atoms with Gasteiger partial charge in [-0.15, -0.1) is 28.8 Å². The molecule has 6 rings (SSSR count). The number of alkyl halides is 6. The second-order valence-corrected chi connectivity index (χ2v) is 14.8. The number of hydrogen-bond acceptors (Lipinski definition) is 9. The standard InChI is InChI=1S/C31H34F6N8OS2/c1-20-21(18-43-6-4-22(5-7-43)41-28-26-15-24(16-30(32,33)34)47-29(26)40-19-39-28)2-3-27-25(20)14-23(17-38)45(27)13-10-42-8-11-44(12-9-42)48(46)31(35,36)37/h2-3,14-15,19,22H,4-13,16,18H2,1H3,(H,39,40,41). The number of nitrogens with zero attached hydrogens (tertiary/aromatic N) is 7. The van der Waals surface area contributed by atoms with Gasteiger partial charge in [-0.3, -0.25) is 9.80 Å². The second kappa shape index (κ2) is 14.0. The van der Waals surface area contributed by atoms with Crippen LogP contribution in [0.4, 0.5) is 32.2 Å². The molecule has 1 aromatic carbocycles. The molecular weight excluding hydrogens is 679 g/mol. The molecule has 2 saturated heterocycles. The third kappa shape index (κ3) is 7.84. The van der Waals surface area contributed by atoms with E-state index in [9.17, 15) is 36.2 Å². The predicted octanol–water partition coefficient (Wildman–Crippen LogP) is 5.81. The Labute approximate surface area is 280 Å². The molecule has 2 aliphatic heterocycles. The third-order valence-electron chi connectivity index (χ3n) is 9.06. The Hall–Kier alpha value is -3.14. The lowest BCUT2D eigenvalue weighted by atomic mass is 10.0. The minimum Gasteiger partial charge on any atom is -0.591 e. The Morgan fingerprint density at radius 1 is 0.979 bits per heavy atom. The van der Waals surface area contributed by atoms with Crippen LogP contribution in [0.25, 0.3) is 21.1 Å². The summed E-state index contributed by atoms with van der Waals surface area (Å²) in [6.45, 7) is 6.31. The van der Waals surface area contributed by atoms with Gasteiger partial charge in [-0.25, -0.2) is 9.97 Å². The Balaban J connectivity index is 1.05. The van der Waals surface area contributed by atoms with Crippen LogP contribution in [0.2, 0.25) is 0 Å². The number of benzene rings is 1. The van der Waals surface area contributed by atoms with Gasteiger partial charge < -0.3 is 14.4 Å². The zero-order chi connectivity index (χ0) is 34.2. The SMILES string of the molecule is Cc1c(CN2CCC(Nc3ncnc4sc(CC(F)(F)F)cc34)CC2)ccc2c1cc(C#N)n2CCN1CCN([S+]([O-])C(F)(F)F)CC1. The minimum atomic E-state index is -4.76. The van der Waals surface area contributed by atoms with Crippen molar-refractivity contribution in [1.29, 1.82) is 5.26 Å². The first-order valence-corrected chi connectivity index (χ1v) is 17.5. The quantitative estimate of drug-likeness (QED) is 0.172. The van der Waals surface area contributed by atoms with Crippen LogP contribution in [0.1, 0.15) is 34.5 Å². The molecule has 1 unspecified atom stereocenters. The first kappa shape index (κ1) is 34.7. The number of piperazine rings is 1. The second-order valence-electron chi connectivity index (χ2n) is 12.2. The van der Waals surface area contributed by atoms with Crippen molar-refractivity contribution in [3.05, 3.63) is 52.3 Å². The molecule has 0 amide bonds. The van der Waals surface area contributed by atoms with Crippen LogP contribution in [0.15, 0.2) is 30.6 Å². The smallest absolute Gasteiger partial charge is 0.591 e. The Kier molecular flexibility index (Phi) is 10.1. The van der Waals surface area contributed by atoms with Gasteiger partial charge in [0.05, 0.1) is 24.9 Å². The number of likely N-dealkylation sites (tertiary alicyclic amines) is 1. The van der Waals surface area contributed by atoms with E-state index < -0.39 is 29.5 Å². The molecule has 1 atom stereocenters. The third-order valence-corrected chi connectivity index (χ3v) is 11.3. The van der Waals surface area contributed by atoms with Crippen LogP contribution in [-0.2, 0) is 30.9 Å². The fourth-order valence-electron chi connectivity index (χ4n) is 6.51. The van der Waals surface area contributed by atoms with Crippen LogP contribution in [0.3, 0.4) is 0 Å². The Morgan fingerprint density at radius 3 is 2.38 bits per heavy atom. The number of nitriles is 1. The van der Waals surface area contributed by atoms with E-state index >= 15 is 0 Å². The number of rotatable bonds is 9. The van der Waals surface area contributed by atoms with Gasteiger partial charge in [0.25, 0.3) is 0 Å². The number of aromatic nitrogens is 3. The molecule has 2 fully saturated rings. The number of thiophene rings is 1. The van der Waals surface area contributed by atoms with Crippen molar-refractivity contribution in [3.63, 3.8) is 0 Å². The minimum absolute atomic E-state index is 0.0602. The van der Waals surface area contributed by atoms with Crippen molar-refractivity contribution in [1.82, 2.24) is 28.6 Å². The highest BCUT2D eigenvalue weighted by molar-refractivity contribution is 7.90. The Morgan fingerprint density at radius 2 is 1.71 bits per heavy atom. The average molecular weight is 713 g/mol. The van der Waals surface area contributed by atoms with Crippen LogP contribution in [-0.4, -0.2) is 96.7 Å². The molecule has 1 N–H and O–H groups in total. The first-order chi connectivity index (χ1) is 22.8. The average Bonchev–Trinajstić information content (AvgIpc) is 3.62. The van der Waals surface area contributed by atoms with E-state index in [-0.39, 0.29) is 24.0 Å². The van der Waals surface area contributed by atoms with E-state index in [4.69, 9.17) is 0 Å². The fraction of sp³-hybridized carbons (Fsp3) is 0.516. The van der Waals surface area contributed by atoms with Gasteiger partial charge in [0, 0.05) is 67.6 Å². The molecule has 48 heavy (non-hydrogen) atoms. The molecule has 0 radical (unpaired) electrons. The topological polar surface area (TPSA) is 99.3 Å². The lowest BCUT2D eigenvalue weighted by molar-refractivity contribution is -0.126. The monoisotopic (exact) mass is 712 g/mol. The van der Waals surface area contributed by atoms with Crippen LogP contribution < -0.4 is 5.32 Å².